The van der Waals surface area contributed by atoms with Gasteiger partial charge in [0.05, 0.1) is 5.56 Å². The highest BCUT2D eigenvalue weighted by atomic mass is 16.4. The first-order valence-electron chi connectivity index (χ1n) is 7.42. The number of carboxylic acid groups (broad SMARTS) is 1. The first-order chi connectivity index (χ1) is 10.9. The zero-order valence-corrected chi connectivity index (χ0v) is 13.2. The van der Waals surface area contributed by atoms with E-state index in [1.807, 2.05) is 44.2 Å². The third kappa shape index (κ3) is 4.92. The minimum Gasteiger partial charge on any atom is -0.481 e. The summed E-state index contributed by atoms with van der Waals surface area (Å²) in [4.78, 5) is 27.2. The van der Waals surface area contributed by atoms with Crippen LogP contribution in [0.4, 0.5) is 0 Å². The summed E-state index contributed by atoms with van der Waals surface area (Å²) in [5.74, 6) is -1.13. The molecule has 5 nitrogen and oxygen atoms in total. The Bertz CT molecular complexity index is 696. The molecule has 120 valence electrons. The van der Waals surface area contributed by atoms with Crippen molar-refractivity contribution < 1.29 is 14.7 Å². The van der Waals surface area contributed by atoms with E-state index in [1.54, 1.807) is 12.3 Å². The summed E-state index contributed by atoms with van der Waals surface area (Å²) < 4.78 is 0. The van der Waals surface area contributed by atoms with Crippen LogP contribution in [-0.2, 0) is 4.79 Å². The molecule has 0 aliphatic rings. The molecular weight excluding hydrogens is 292 g/mol. The van der Waals surface area contributed by atoms with Crippen LogP contribution in [-0.4, -0.2) is 27.5 Å². The average molecular weight is 312 g/mol. The third-order valence-corrected chi connectivity index (χ3v) is 3.52. The molecule has 0 atom stereocenters. The quantitative estimate of drug-likeness (QED) is 0.859. The molecular formula is C18H20N2O3. The van der Waals surface area contributed by atoms with Crippen LogP contribution in [0.2, 0.25) is 0 Å². The maximum Gasteiger partial charge on any atom is 0.303 e. The van der Waals surface area contributed by atoms with Crippen molar-refractivity contribution >= 4 is 11.9 Å². The maximum absolute atomic E-state index is 12.4. The van der Waals surface area contributed by atoms with Gasteiger partial charge in [0.1, 0.15) is 0 Å². The highest BCUT2D eigenvalue weighted by Gasteiger charge is 2.22. The fraction of sp³-hybridized carbons (Fsp3) is 0.278. The molecule has 0 aliphatic carbocycles. The van der Waals surface area contributed by atoms with E-state index in [2.05, 4.69) is 10.3 Å². The van der Waals surface area contributed by atoms with Crippen LogP contribution in [0, 0.1) is 0 Å². The number of hydrogen-bond acceptors (Lipinski definition) is 3. The third-order valence-electron chi connectivity index (χ3n) is 3.52. The summed E-state index contributed by atoms with van der Waals surface area (Å²) >= 11 is 0. The number of nitrogens with one attached hydrogen (secondary N) is 1. The molecule has 0 unspecified atom stereocenters. The van der Waals surface area contributed by atoms with E-state index in [0.29, 0.717) is 12.0 Å². The standard InChI is InChI=1S/C18H20N2O3/c1-18(2,9-8-16(21)22)20-17(23)15-10-14(11-19-12-15)13-6-4-3-5-7-13/h3-7,10-12H,8-9H2,1-2H3,(H,20,23)(H,21,22). The van der Waals surface area contributed by atoms with Crippen LogP contribution >= 0.6 is 0 Å². The number of benzene rings is 1. The van der Waals surface area contributed by atoms with Gasteiger partial charge in [0.15, 0.2) is 0 Å². The fourth-order valence-electron chi connectivity index (χ4n) is 2.21. The molecule has 5 heteroatoms. The highest BCUT2D eigenvalue weighted by Crippen LogP contribution is 2.19. The average Bonchev–Trinajstić information content (AvgIpc) is 2.54. The predicted molar refractivity (Wildman–Crippen MR) is 88.1 cm³/mol. The van der Waals surface area contributed by atoms with Gasteiger partial charge in [0.25, 0.3) is 5.91 Å². The first-order valence-corrected chi connectivity index (χ1v) is 7.42. The smallest absolute Gasteiger partial charge is 0.303 e. The van der Waals surface area contributed by atoms with E-state index in [4.69, 9.17) is 5.11 Å². The first kappa shape index (κ1) is 16.7. The Morgan fingerprint density at radius 2 is 1.83 bits per heavy atom. The van der Waals surface area contributed by atoms with Gasteiger partial charge >= 0.3 is 5.97 Å². The molecule has 1 amide bonds. The highest BCUT2D eigenvalue weighted by molar-refractivity contribution is 5.95. The Balaban J connectivity index is 2.12. The van der Waals surface area contributed by atoms with E-state index < -0.39 is 11.5 Å². The zero-order chi connectivity index (χ0) is 16.9. The number of aromatic nitrogens is 1. The van der Waals surface area contributed by atoms with Crippen molar-refractivity contribution in [3.63, 3.8) is 0 Å². The molecule has 0 saturated heterocycles. The molecule has 2 N–H and O–H groups in total. The van der Waals surface area contributed by atoms with E-state index >= 15 is 0 Å². The van der Waals surface area contributed by atoms with Crippen molar-refractivity contribution in [2.75, 3.05) is 0 Å². The van der Waals surface area contributed by atoms with Gasteiger partial charge in [0, 0.05) is 29.9 Å². The van der Waals surface area contributed by atoms with Gasteiger partial charge in [-0.05, 0) is 31.9 Å². The van der Waals surface area contributed by atoms with Gasteiger partial charge in [-0.2, -0.15) is 0 Å². The van der Waals surface area contributed by atoms with E-state index in [9.17, 15) is 9.59 Å². The number of pyridine rings is 1. The molecule has 1 aromatic carbocycles. The summed E-state index contributed by atoms with van der Waals surface area (Å²) in [6.07, 6.45) is 3.59. The summed E-state index contributed by atoms with van der Waals surface area (Å²) in [5.41, 5.74) is 1.70. The van der Waals surface area contributed by atoms with Crippen molar-refractivity contribution in [1.29, 1.82) is 0 Å². The predicted octanol–water partition coefficient (Wildman–Crippen LogP) is 3.12. The van der Waals surface area contributed by atoms with Crippen LogP contribution < -0.4 is 5.32 Å². The van der Waals surface area contributed by atoms with E-state index in [1.165, 1.54) is 6.20 Å². The minimum atomic E-state index is -0.875. The largest absolute Gasteiger partial charge is 0.481 e. The molecule has 0 fully saturated rings. The number of nitrogens with zero attached hydrogens (tertiary/aromatic N) is 1. The molecule has 2 aromatic rings. The van der Waals surface area contributed by atoms with Crippen molar-refractivity contribution in [2.45, 2.75) is 32.2 Å². The minimum absolute atomic E-state index is 0.00951. The lowest BCUT2D eigenvalue weighted by Crippen LogP contribution is -2.43. The van der Waals surface area contributed by atoms with Crippen LogP contribution in [0.1, 0.15) is 37.0 Å². The van der Waals surface area contributed by atoms with Gasteiger partial charge in [-0.25, -0.2) is 0 Å². The van der Waals surface area contributed by atoms with Crippen LogP contribution in [0.15, 0.2) is 48.8 Å². The van der Waals surface area contributed by atoms with Crippen molar-refractivity contribution in [3.05, 3.63) is 54.4 Å². The Labute approximate surface area is 135 Å². The number of carboxylic acids is 1. The van der Waals surface area contributed by atoms with E-state index in [-0.39, 0.29) is 12.3 Å². The molecule has 0 radical (unpaired) electrons. The lowest BCUT2D eigenvalue weighted by molar-refractivity contribution is -0.137. The summed E-state index contributed by atoms with van der Waals surface area (Å²) in [6.45, 7) is 3.62. The van der Waals surface area contributed by atoms with Gasteiger partial charge in [-0.1, -0.05) is 30.3 Å². The number of hydrogen-bond donors (Lipinski definition) is 2. The number of carbonyl (C=O) groups is 2. The van der Waals surface area contributed by atoms with Crippen LogP contribution in [0.25, 0.3) is 11.1 Å². The van der Waals surface area contributed by atoms with Crippen molar-refractivity contribution in [1.82, 2.24) is 10.3 Å². The SMILES string of the molecule is CC(C)(CCC(=O)O)NC(=O)c1cncc(-c2ccccc2)c1. The molecule has 1 heterocycles. The lowest BCUT2D eigenvalue weighted by atomic mass is 9.97. The molecule has 23 heavy (non-hydrogen) atoms. The van der Waals surface area contributed by atoms with Gasteiger partial charge in [0.2, 0.25) is 0 Å². The number of carbonyl (C=O) groups excluding carboxylic acids is 1. The van der Waals surface area contributed by atoms with Gasteiger partial charge in [-0.3, -0.25) is 14.6 Å². The number of rotatable bonds is 6. The number of aliphatic carboxylic acids is 1. The molecule has 0 spiro atoms. The zero-order valence-electron chi connectivity index (χ0n) is 13.2. The topological polar surface area (TPSA) is 79.3 Å². The van der Waals surface area contributed by atoms with E-state index in [0.717, 1.165) is 11.1 Å². The normalized spacial score (nSPS) is 11.0. The summed E-state index contributed by atoms with van der Waals surface area (Å²) in [6, 6.07) is 11.5. The lowest BCUT2D eigenvalue weighted by Gasteiger charge is -2.25. The van der Waals surface area contributed by atoms with Crippen molar-refractivity contribution in [2.24, 2.45) is 0 Å². The number of amides is 1. The molecule has 0 aliphatic heterocycles. The van der Waals surface area contributed by atoms with Crippen LogP contribution in [0.3, 0.4) is 0 Å². The summed E-state index contributed by atoms with van der Waals surface area (Å²) in [5, 5.41) is 11.6. The Morgan fingerprint density at radius 1 is 1.13 bits per heavy atom. The second-order valence-electron chi connectivity index (χ2n) is 6.06. The molecule has 2 rings (SSSR count). The van der Waals surface area contributed by atoms with Gasteiger partial charge in [-0.15, -0.1) is 0 Å². The fourth-order valence-corrected chi connectivity index (χ4v) is 2.21. The second-order valence-corrected chi connectivity index (χ2v) is 6.06. The second kappa shape index (κ2) is 7.05. The Kier molecular flexibility index (Phi) is 5.11. The Hall–Kier alpha value is -2.69. The van der Waals surface area contributed by atoms with Crippen molar-refractivity contribution in [3.8, 4) is 11.1 Å². The summed E-state index contributed by atoms with van der Waals surface area (Å²) in [7, 11) is 0. The molecule has 0 bridgehead atoms. The molecule has 1 aromatic heterocycles. The van der Waals surface area contributed by atoms with Crippen LogP contribution in [0.5, 0.6) is 0 Å². The van der Waals surface area contributed by atoms with Gasteiger partial charge < -0.3 is 10.4 Å². The Morgan fingerprint density at radius 3 is 2.48 bits per heavy atom. The maximum atomic E-state index is 12.4. The monoisotopic (exact) mass is 312 g/mol. The molecule has 0 saturated carbocycles.